The van der Waals surface area contributed by atoms with Gasteiger partial charge in [-0.15, -0.1) is 0 Å². The molecule has 0 aromatic carbocycles. The lowest BCUT2D eigenvalue weighted by Gasteiger charge is -2.11. The second kappa shape index (κ2) is 3.67. The van der Waals surface area contributed by atoms with E-state index < -0.39 is 10.9 Å². The molecule has 0 aromatic heterocycles. The van der Waals surface area contributed by atoms with Crippen LogP contribution in [0.3, 0.4) is 0 Å². The Balaban J connectivity index is 4.56. The fraction of sp³-hybridized carbons (Fsp3) is 1.00. The second-order valence-corrected chi connectivity index (χ2v) is 10.9. The van der Waals surface area contributed by atoms with E-state index in [1.54, 1.807) is 45.2 Å². The van der Waals surface area contributed by atoms with Gasteiger partial charge in [0.1, 0.15) is 0 Å². The number of halogens is 3. The Bertz CT molecular complexity index is 183. The third-order valence-electron chi connectivity index (χ3n) is 0.533. The Kier molecular flexibility index (Phi) is 4.52. The molecule has 1 N–H and O–H groups in total. The summed E-state index contributed by atoms with van der Waals surface area (Å²) >= 11 is 5.28. The molecule has 0 radical (unpaired) electrons. The van der Waals surface area contributed by atoms with E-state index >= 15 is 0 Å². The van der Waals surface area contributed by atoms with E-state index in [0.29, 0.717) is 4.43 Å². The molecule has 0 heterocycles. The minimum absolute atomic E-state index is 0.366. The molecule has 0 aliphatic carbocycles. The molecule has 0 aliphatic heterocycles. The summed E-state index contributed by atoms with van der Waals surface area (Å²) in [5.74, 6) is 0. The number of hydrogen-bond acceptors (Lipinski definition) is 2. The van der Waals surface area contributed by atoms with Crippen LogP contribution in [0.25, 0.3) is 0 Å². The maximum atomic E-state index is 10.4. The third kappa shape index (κ3) is 3.33. The van der Waals surface area contributed by atoms with Gasteiger partial charge in [-0.1, -0.05) is 22.6 Å². The van der Waals surface area contributed by atoms with E-state index in [-0.39, 0.29) is 0 Å². The van der Waals surface area contributed by atoms with Crippen LogP contribution in [-0.4, -0.2) is 18.2 Å². The van der Waals surface area contributed by atoms with Crippen LogP contribution in [0.4, 0.5) is 0 Å². The second-order valence-electron chi connectivity index (χ2n) is 1.25. The fourth-order valence-electron chi connectivity index (χ4n) is 0.0689. The molecule has 0 rings (SSSR count). The maximum absolute atomic E-state index is 10.4. The van der Waals surface area contributed by atoms with E-state index in [1.807, 2.05) is 22.6 Å². The van der Waals surface area contributed by atoms with Crippen LogP contribution >= 0.6 is 67.8 Å². The Morgan fingerprint density at radius 3 is 1.78 bits per heavy atom. The lowest BCUT2D eigenvalue weighted by Crippen LogP contribution is -2.25. The number of alkyl halides is 3. The van der Waals surface area contributed by atoms with Crippen molar-refractivity contribution < 1.29 is 13.0 Å². The van der Waals surface area contributed by atoms with Crippen LogP contribution in [0.2, 0.25) is 0 Å². The molecular weight excluding hydrogens is 485 g/mol. The van der Waals surface area contributed by atoms with Crippen molar-refractivity contribution in [3.63, 3.8) is 0 Å². The molecule has 0 amide bonds. The van der Waals surface area contributed by atoms with Gasteiger partial charge in [-0.05, 0) is 45.2 Å². The summed E-state index contributed by atoms with van der Waals surface area (Å²) in [6, 6.07) is 0. The van der Waals surface area contributed by atoms with Gasteiger partial charge in [-0.25, -0.2) is 0 Å². The molecule has 0 spiro atoms. The molecule has 3 nitrogen and oxygen atoms in total. The first-order valence-electron chi connectivity index (χ1n) is 1.72. The summed E-state index contributed by atoms with van der Waals surface area (Å²) in [5, 5.41) is 0. The molecule has 0 saturated carbocycles. The van der Waals surface area contributed by atoms with Crippen molar-refractivity contribution in [2.75, 3.05) is 4.43 Å². The summed E-state index contributed by atoms with van der Waals surface area (Å²) in [4.78, 5) is 0. The highest BCUT2D eigenvalue weighted by Crippen LogP contribution is 2.34. The SMILES string of the molecule is O=S(=O)(O)C(I)(I)CI. The van der Waals surface area contributed by atoms with Gasteiger partial charge in [-0.3, -0.25) is 4.55 Å². The summed E-state index contributed by atoms with van der Waals surface area (Å²) in [6.07, 6.45) is 0. The number of rotatable bonds is 2. The summed E-state index contributed by atoms with van der Waals surface area (Å²) < 4.78 is 28.6. The van der Waals surface area contributed by atoms with E-state index in [4.69, 9.17) is 4.55 Å². The lowest BCUT2D eigenvalue weighted by molar-refractivity contribution is 0.482. The smallest absolute Gasteiger partial charge is 0.284 e. The summed E-state index contributed by atoms with van der Waals surface area (Å²) in [6.45, 7) is 0. The van der Waals surface area contributed by atoms with E-state index in [0.717, 1.165) is 0 Å². The van der Waals surface area contributed by atoms with Gasteiger partial charge in [0.05, 0.1) is 0 Å². The Morgan fingerprint density at radius 1 is 1.44 bits per heavy atom. The molecule has 7 heteroatoms. The first kappa shape index (κ1) is 11.1. The fourth-order valence-corrected chi connectivity index (χ4v) is 1.39. The zero-order chi connectivity index (χ0) is 7.71. The largest absolute Gasteiger partial charge is 0.290 e. The first-order valence-corrected chi connectivity index (χ1v) is 6.84. The zero-order valence-corrected chi connectivity index (χ0v) is 11.3. The molecule has 0 aliphatic rings. The molecule has 56 valence electrons. The van der Waals surface area contributed by atoms with Gasteiger partial charge in [0.25, 0.3) is 10.1 Å². The van der Waals surface area contributed by atoms with Crippen molar-refractivity contribution in [1.29, 1.82) is 0 Å². The van der Waals surface area contributed by atoms with Gasteiger partial charge in [0.15, 0.2) is 0 Å². The Hall–Kier alpha value is 2.10. The van der Waals surface area contributed by atoms with Crippen LogP contribution < -0.4 is 0 Å². The minimum atomic E-state index is -3.89. The van der Waals surface area contributed by atoms with Crippen molar-refractivity contribution in [3.8, 4) is 0 Å². The Labute approximate surface area is 94.5 Å². The minimum Gasteiger partial charge on any atom is -0.284 e. The average Bonchev–Trinajstić information content (AvgIpc) is 1.64. The standard InChI is InChI=1S/C2H3I3O3S/c3-1-2(4,5)9(6,7)8/h1H2,(H,6,7,8). The van der Waals surface area contributed by atoms with Crippen molar-refractivity contribution >= 4 is 77.9 Å². The van der Waals surface area contributed by atoms with Crippen molar-refractivity contribution in [2.45, 2.75) is 0.760 Å². The van der Waals surface area contributed by atoms with Gasteiger partial charge >= 0.3 is 0 Å². The third-order valence-corrected chi connectivity index (χ3v) is 10.1. The molecular formula is C2H3I3O3S. The molecule has 0 aromatic rings. The quantitative estimate of drug-likeness (QED) is 0.367. The topological polar surface area (TPSA) is 54.4 Å². The Morgan fingerprint density at radius 2 is 1.78 bits per heavy atom. The maximum Gasteiger partial charge on any atom is 0.290 e. The van der Waals surface area contributed by atoms with Crippen LogP contribution in [-0.2, 0) is 10.1 Å². The molecule has 0 atom stereocenters. The highest BCUT2D eigenvalue weighted by Gasteiger charge is 2.35. The molecule has 0 bridgehead atoms. The lowest BCUT2D eigenvalue weighted by atomic mass is 11.0. The molecule has 0 saturated heterocycles. The van der Waals surface area contributed by atoms with Crippen molar-refractivity contribution in [3.05, 3.63) is 0 Å². The average molecular weight is 488 g/mol. The van der Waals surface area contributed by atoms with Crippen LogP contribution in [0.15, 0.2) is 0 Å². The molecule has 0 unspecified atom stereocenters. The van der Waals surface area contributed by atoms with Gasteiger partial charge in [-0.2, -0.15) is 8.42 Å². The van der Waals surface area contributed by atoms with Crippen LogP contribution in [0.5, 0.6) is 0 Å². The van der Waals surface area contributed by atoms with E-state index in [1.165, 1.54) is 0 Å². The molecule has 0 fully saturated rings. The predicted molar refractivity (Wildman–Crippen MR) is 61.2 cm³/mol. The highest BCUT2D eigenvalue weighted by molar-refractivity contribution is 14.2. The summed E-state index contributed by atoms with van der Waals surface area (Å²) in [5.41, 5.74) is 0. The van der Waals surface area contributed by atoms with Gasteiger partial charge in [0.2, 0.25) is 0.760 Å². The highest BCUT2D eigenvalue weighted by atomic mass is 127. The van der Waals surface area contributed by atoms with Crippen molar-refractivity contribution in [2.24, 2.45) is 0 Å². The summed E-state index contributed by atoms with van der Waals surface area (Å²) in [7, 11) is -3.89. The van der Waals surface area contributed by atoms with Gasteiger partial charge < -0.3 is 0 Å². The normalized spacial score (nSPS) is 13.8. The van der Waals surface area contributed by atoms with Gasteiger partial charge in [0, 0.05) is 4.43 Å². The first-order chi connectivity index (χ1) is 3.81. The van der Waals surface area contributed by atoms with Crippen molar-refractivity contribution in [1.82, 2.24) is 0 Å². The van der Waals surface area contributed by atoms with E-state index in [9.17, 15) is 8.42 Å². The van der Waals surface area contributed by atoms with E-state index in [2.05, 4.69) is 0 Å². The zero-order valence-electron chi connectivity index (χ0n) is 4.01. The van der Waals surface area contributed by atoms with Crippen LogP contribution in [0.1, 0.15) is 0 Å². The number of hydrogen-bond donors (Lipinski definition) is 1. The van der Waals surface area contributed by atoms with Crippen LogP contribution in [0, 0.1) is 0 Å². The molecule has 9 heavy (non-hydrogen) atoms. The predicted octanol–water partition coefficient (Wildman–Crippen LogP) is 1.83. The monoisotopic (exact) mass is 488 g/mol.